The second kappa shape index (κ2) is 18.5. The molecule has 3 aromatic rings. The van der Waals surface area contributed by atoms with Crippen LogP contribution in [0.5, 0.6) is 0 Å². The predicted molar refractivity (Wildman–Crippen MR) is 179 cm³/mol. The summed E-state index contributed by atoms with van der Waals surface area (Å²) < 4.78 is 44.7. The van der Waals surface area contributed by atoms with Crippen molar-refractivity contribution in [3.8, 4) is 0 Å². The maximum absolute atomic E-state index is 15.1. The Kier molecular flexibility index (Phi) is 14.7. The Morgan fingerprint density at radius 3 is 1.74 bits per heavy atom. The van der Waals surface area contributed by atoms with Crippen LogP contribution in [0.2, 0.25) is 0 Å². The Balaban J connectivity index is 1.78. The van der Waals surface area contributed by atoms with E-state index in [1.165, 1.54) is 7.11 Å². The van der Waals surface area contributed by atoms with Crippen molar-refractivity contribution in [1.82, 2.24) is 0 Å². The number of hydrogen-bond donors (Lipinski definition) is 1. The highest BCUT2D eigenvalue weighted by molar-refractivity contribution is 7.60. The molecular weight excluding hydrogens is 621 g/mol. The molecule has 4 rings (SSSR count). The van der Waals surface area contributed by atoms with Crippen LogP contribution in [0.1, 0.15) is 50.2 Å². The van der Waals surface area contributed by atoms with Crippen molar-refractivity contribution in [2.45, 2.75) is 77.5 Å². The van der Waals surface area contributed by atoms with Gasteiger partial charge in [0.1, 0.15) is 44.1 Å². The highest BCUT2D eigenvalue weighted by Gasteiger charge is 2.64. The number of hydroxylamine groups is 3. The first-order valence-electron chi connectivity index (χ1n) is 16.5. The molecule has 0 saturated carbocycles. The van der Waals surface area contributed by atoms with Crippen LogP contribution < -0.4 is 0 Å². The predicted octanol–water partition coefficient (Wildman–Crippen LogP) is 6.64. The number of nitrogens with zero attached hydrogens (tertiary/aromatic N) is 1. The summed E-state index contributed by atoms with van der Waals surface area (Å²) in [6, 6.07) is 28.7. The Labute approximate surface area is 280 Å². The summed E-state index contributed by atoms with van der Waals surface area (Å²) in [5.74, 6) is -1.18. The second-order valence-corrected chi connectivity index (χ2v) is 13.4. The molecule has 11 heteroatoms. The van der Waals surface area contributed by atoms with E-state index < -0.39 is 51.1 Å². The molecule has 1 N–H and O–H groups in total. The number of methoxy groups -OCH3 is 1. The molecule has 0 aliphatic carbocycles. The zero-order chi connectivity index (χ0) is 33.7. The van der Waals surface area contributed by atoms with E-state index in [0.717, 1.165) is 11.1 Å². The summed E-state index contributed by atoms with van der Waals surface area (Å²) in [5.41, 5.74) is 2.49. The third-order valence-electron chi connectivity index (χ3n) is 8.56. The fraction of sp³-hybridized carbons (Fsp3) is 0.500. The topological polar surface area (TPSA) is 105 Å². The van der Waals surface area contributed by atoms with Gasteiger partial charge < -0.3 is 28.8 Å². The third-order valence-corrected chi connectivity index (χ3v) is 10.7. The van der Waals surface area contributed by atoms with Crippen molar-refractivity contribution in [3.05, 3.63) is 108 Å². The number of rotatable bonds is 19. The van der Waals surface area contributed by atoms with E-state index in [1.54, 1.807) is 6.92 Å². The molecule has 1 fully saturated rings. The maximum atomic E-state index is 15.1. The van der Waals surface area contributed by atoms with Crippen LogP contribution in [-0.4, -0.2) is 80.4 Å². The normalized spacial score (nSPS) is 23.7. The first-order valence-corrected chi connectivity index (χ1v) is 18.1. The van der Waals surface area contributed by atoms with Crippen LogP contribution in [0.4, 0.5) is 0 Å². The summed E-state index contributed by atoms with van der Waals surface area (Å²) >= 11 is 0. The maximum Gasteiger partial charge on any atom is 0.552 e. The smallest absolute Gasteiger partial charge is 0.394 e. The van der Waals surface area contributed by atoms with E-state index in [-0.39, 0.29) is 24.5 Å². The summed E-state index contributed by atoms with van der Waals surface area (Å²) in [5, 5.41) is 10.7. The Bertz CT molecular complexity index is 1280. The number of aliphatic hydroxyl groups excluding tert-OH is 1. The monoisotopic (exact) mass is 672 g/mol. The molecule has 1 saturated heterocycles. The summed E-state index contributed by atoms with van der Waals surface area (Å²) in [7, 11) is -2.53. The van der Waals surface area contributed by atoms with Gasteiger partial charge in [-0.05, 0) is 38.8 Å². The van der Waals surface area contributed by atoms with Gasteiger partial charge in [-0.3, -0.25) is 0 Å². The van der Waals surface area contributed by atoms with E-state index in [9.17, 15) is 5.11 Å². The van der Waals surface area contributed by atoms with Crippen LogP contribution in [0.3, 0.4) is 0 Å². The SMILES string of the molecule is CCO[P+]([O])(O[N+](CC)(CC)CC)C(O[C@H]1[C@H](OCc2ccccc2)[C@@H](OCc2ccccc2)[C@@H](OC)O[C@@H]1CO)c1ccccc1. The Morgan fingerprint density at radius 1 is 0.766 bits per heavy atom. The molecule has 1 aliphatic rings. The number of hydrogen-bond acceptors (Lipinski definition) is 8. The van der Waals surface area contributed by atoms with E-state index >= 15 is 4.89 Å². The van der Waals surface area contributed by atoms with Gasteiger partial charge in [-0.25, -0.2) is 0 Å². The zero-order valence-electron chi connectivity index (χ0n) is 28.2. The Morgan fingerprint density at radius 2 is 1.28 bits per heavy atom. The lowest BCUT2D eigenvalue weighted by Gasteiger charge is -2.45. The van der Waals surface area contributed by atoms with Gasteiger partial charge in [-0.1, -0.05) is 91.0 Å². The van der Waals surface area contributed by atoms with Crippen molar-refractivity contribution in [2.24, 2.45) is 0 Å². The van der Waals surface area contributed by atoms with Gasteiger partial charge in [-0.2, -0.15) is 4.52 Å². The van der Waals surface area contributed by atoms with E-state index in [4.69, 9.17) is 32.8 Å². The van der Waals surface area contributed by atoms with E-state index in [1.807, 2.05) is 112 Å². The molecule has 47 heavy (non-hydrogen) atoms. The minimum absolute atomic E-state index is 0.108. The lowest BCUT2D eigenvalue weighted by atomic mass is 9.98. The summed E-state index contributed by atoms with van der Waals surface area (Å²) in [4.78, 5) is 15.1. The zero-order valence-corrected chi connectivity index (χ0v) is 29.1. The van der Waals surface area contributed by atoms with Crippen molar-refractivity contribution in [3.63, 3.8) is 0 Å². The number of aliphatic hydroxyl groups is 1. The molecule has 0 aromatic heterocycles. The van der Waals surface area contributed by atoms with Gasteiger partial charge in [0, 0.05) is 22.2 Å². The lowest BCUT2D eigenvalue weighted by Crippen LogP contribution is -2.61. The highest BCUT2D eigenvalue weighted by atomic mass is 31.2. The van der Waals surface area contributed by atoms with Crippen LogP contribution in [0, 0.1) is 0 Å². The first-order chi connectivity index (χ1) is 22.9. The molecule has 7 atom stereocenters. The molecule has 1 heterocycles. The highest BCUT2D eigenvalue weighted by Crippen LogP contribution is 2.71. The lowest BCUT2D eigenvalue weighted by molar-refractivity contribution is -1.08. The van der Waals surface area contributed by atoms with Crippen molar-refractivity contribution < 1.29 is 47.5 Å². The van der Waals surface area contributed by atoms with Crippen LogP contribution in [0.25, 0.3) is 0 Å². The largest absolute Gasteiger partial charge is 0.552 e. The van der Waals surface area contributed by atoms with Gasteiger partial charge in [-0.15, -0.1) is 4.65 Å². The summed E-state index contributed by atoms with van der Waals surface area (Å²) in [6.45, 7) is 9.67. The van der Waals surface area contributed by atoms with Crippen LogP contribution in [-0.2, 0) is 50.9 Å². The molecule has 0 spiro atoms. The minimum atomic E-state index is -4.05. The second-order valence-electron chi connectivity index (χ2n) is 11.4. The van der Waals surface area contributed by atoms with Crippen LogP contribution >= 0.6 is 7.94 Å². The Hall–Kier alpha value is -2.31. The number of quaternary nitrogens is 1. The standard InChI is InChI=1S/C36H51NO9P/c1-6-37(7-2,8-3)46-47(39,43-9-4)36(30-23-17-12-18-24-30)45-32-31(25-38)44-35(40-5)34(42-27-29-21-15-11-16-22-29)33(32)41-26-28-19-13-10-14-20-28/h10-24,31-36,38H,6-9,25-27H2,1-5H3/q+2/t31-,32-,33+,34-,35+,36?,47?/m1/s1. The van der Waals surface area contributed by atoms with Gasteiger partial charge in [0.2, 0.25) is 0 Å². The van der Waals surface area contributed by atoms with Crippen LogP contribution in [0.15, 0.2) is 91.0 Å². The van der Waals surface area contributed by atoms with Gasteiger partial charge in [0.25, 0.3) is 5.85 Å². The molecule has 1 aliphatic heterocycles. The van der Waals surface area contributed by atoms with Gasteiger partial charge >= 0.3 is 7.94 Å². The van der Waals surface area contributed by atoms with E-state index in [0.29, 0.717) is 25.2 Å². The minimum Gasteiger partial charge on any atom is -0.394 e. The van der Waals surface area contributed by atoms with Crippen molar-refractivity contribution >= 4 is 7.94 Å². The quantitative estimate of drug-likeness (QED) is 0.0859. The van der Waals surface area contributed by atoms with E-state index in [2.05, 4.69) is 0 Å². The van der Waals surface area contributed by atoms with Crippen molar-refractivity contribution in [2.75, 3.05) is 40.0 Å². The molecule has 0 bridgehead atoms. The molecule has 10 nitrogen and oxygen atoms in total. The van der Waals surface area contributed by atoms with Gasteiger partial charge in [0.15, 0.2) is 6.29 Å². The molecule has 0 amide bonds. The molecule has 2 unspecified atom stereocenters. The average molecular weight is 673 g/mol. The number of ether oxygens (including phenoxy) is 5. The molecular formula is C36H51NO9P+2. The average Bonchev–Trinajstić information content (AvgIpc) is 3.12. The fourth-order valence-corrected chi connectivity index (χ4v) is 8.06. The van der Waals surface area contributed by atoms with Gasteiger partial charge in [0.05, 0.1) is 26.4 Å². The van der Waals surface area contributed by atoms with Crippen molar-refractivity contribution in [1.29, 1.82) is 0 Å². The third kappa shape index (κ3) is 9.65. The fourth-order valence-electron chi connectivity index (χ4n) is 5.78. The molecule has 3 aromatic carbocycles. The summed E-state index contributed by atoms with van der Waals surface area (Å²) in [6.07, 6.45) is -4.37. The number of benzene rings is 3. The molecule has 1 radical (unpaired) electrons. The first kappa shape index (κ1) is 37.5. The molecule has 257 valence electrons.